The second kappa shape index (κ2) is 4.97. The van der Waals surface area contributed by atoms with Gasteiger partial charge in [-0.05, 0) is 12.3 Å². The van der Waals surface area contributed by atoms with E-state index in [1.807, 2.05) is 16.0 Å². The lowest BCUT2D eigenvalue weighted by Crippen LogP contribution is -2.47. The minimum atomic E-state index is 0.132. The molecule has 2 aromatic rings. The summed E-state index contributed by atoms with van der Waals surface area (Å²) in [6.07, 6.45) is 6.20. The average molecular weight is 266 g/mol. The van der Waals surface area contributed by atoms with Gasteiger partial charge in [0.05, 0.1) is 17.8 Å². The molecule has 18 heavy (non-hydrogen) atoms. The van der Waals surface area contributed by atoms with Crippen molar-refractivity contribution in [2.24, 2.45) is 11.8 Å². The number of ether oxygens (including phenoxy) is 1. The third-order valence-electron chi connectivity index (χ3n) is 3.63. The Kier molecular flexibility index (Phi) is 3.34. The second-order valence-corrected chi connectivity index (χ2v) is 5.78. The fourth-order valence-corrected chi connectivity index (χ4v) is 3.32. The molecule has 2 aromatic heterocycles. The van der Waals surface area contributed by atoms with Crippen LogP contribution in [0.15, 0.2) is 17.8 Å². The highest BCUT2D eigenvalue weighted by Crippen LogP contribution is 2.24. The number of hydrogen-bond donors (Lipinski definition) is 2. The van der Waals surface area contributed by atoms with Crippen molar-refractivity contribution in [3.8, 4) is 0 Å². The number of nitrogens with zero attached hydrogens (tertiary/aromatic N) is 2. The van der Waals surface area contributed by atoms with Crippen molar-refractivity contribution in [3.63, 3.8) is 0 Å². The van der Waals surface area contributed by atoms with Crippen molar-refractivity contribution in [2.75, 3.05) is 6.61 Å². The summed E-state index contributed by atoms with van der Waals surface area (Å²) < 4.78 is 7.82. The molecule has 3 heterocycles. The summed E-state index contributed by atoms with van der Waals surface area (Å²) in [5.74, 6) is 6.22. The molecule has 0 saturated carbocycles. The maximum Gasteiger partial charge on any atom is 0.193 e. The van der Waals surface area contributed by atoms with E-state index in [-0.39, 0.29) is 12.1 Å². The number of hydrogen-bond acceptors (Lipinski definition) is 5. The van der Waals surface area contributed by atoms with E-state index < -0.39 is 0 Å². The molecule has 1 aliphatic rings. The molecular weight excluding hydrogens is 248 g/mol. The number of fused-ring (bicyclic) bond motifs is 1. The van der Waals surface area contributed by atoms with Gasteiger partial charge in [-0.15, -0.1) is 11.3 Å². The highest BCUT2D eigenvalue weighted by molar-refractivity contribution is 7.15. The molecule has 0 bridgehead atoms. The zero-order chi connectivity index (χ0) is 12.5. The predicted molar refractivity (Wildman–Crippen MR) is 71.4 cm³/mol. The number of hydrazine groups is 1. The molecule has 1 aliphatic heterocycles. The first-order valence-corrected chi connectivity index (χ1v) is 7.14. The number of nitrogens with one attached hydrogen (secondary N) is 1. The minimum absolute atomic E-state index is 0.132. The normalized spacial score (nSPS) is 25.9. The van der Waals surface area contributed by atoms with Crippen molar-refractivity contribution in [3.05, 3.63) is 23.5 Å². The maximum atomic E-state index is 5.77. The Hall–Kier alpha value is -0.950. The molecule has 3 unspecified atom stereocenters. The molecule has 0 radical (unpaired) electrons. The molecule has 0 aromatic carbocycles. The van der Waals surface area contributed by atoms with Crippen LogP contribution in [0.2, 0.25) is 0 Å². The van der Waals surface area contributed by atoms with Gasteiger partial charge in [0.1, 0.15) is 0 Å². The van der Waals surface area contributed by atoms with Crippen LogP contribution in [-0.4, -0.2) is 28.1 Å². The number of aromatic nitrogens is 2. The lowest BCUT2D eigenvalue weighted by molar-refractivity contribution is 0.0608. The first-order chi connectivity index (χ1) is 8.78. The van der Waals surface area contributed by atoms with E-state index in [9.17, 15) is 0 Å². The van der Waals surface area contributed by atoms with E-state index in [1.54, 1.807) is 11.3 Å². The number of rotatable bonds is 4. The molecule has 3 N–H and O–H groups in total. The van der Waals surface area contributed by atoms with E-state index in [1.165, 1.54) is 0 Å². The largest absolute Gasteiger partial charge is 0.376 e. The smallest absolute Gasteiger partial charge is 0.193 e. The Morgan fingerprint density at radius 1 is 1.72 bits per heavy atom. The molecule has 0 amide bonds. The van der Waals surface area contributed by atoms with Gasteiger partial charge in [-0.25, -0.2) is 4.98 Å². The van der Waals surface area contributed by atoms with E-state index in [4.69, 9.17) is 10.6 Å². The predicted octanol–water partition coefficient (Wildman–Crippen LogP) is 1.20. The Labute approximate surface area is 110 Å². The van der Waals surface area contributed by atoms with Crippen molar-refractivity contribution in [1.82, 2.24) is 14.8 Å². The molecule has 0 aliphatic carbocycles. The molecule has 98 valence electrons. The summed E-state index contributed by atoms with van der Waals surface area (Å²) in [4.78, 5) is 5.62. The van der Waals surface area contributed by atoms with Gasteiger partial charge in [0.15, 0.2) is 4.96 Å². The number of thiazole rings is 1. The van der Waals surface area contributed by atoms with E-state index in [2.05, 4.69) is 23.5 Å². The second-order valence-electron chi connectivity index (χ2n) is 4.90. The zero-order valence-corrected chi connectivity index (χ0v) is 11.2. The summed E-state index contributed by atoms with van der Waals surface area (Å²) in [7, 11) is 0. The quantitative estimate of drug-likeness (QED) is 0.644. The summed E-state index contributed by atoms with van der Waals surface area (Å²) in [6, 6.07) is 0.132. The molecular formula is C12H18N4OS. The van der Waals surface area contributed by atoms with Gasteiger partial charge in [-0.3, -0.25) is 15.7 Å². The maximum absolute atomic E-state index is 5.77. The van der Waals surface area contributed by atoms with Crippen LogP contribution in [-0.2, 0) is 11.2 Å². The first-order valence-electron chi connectivity index (χ1n) is 6.26. The number of nitrogens with two attached hydrogens (primary N) is 1. The van der Waals surface area contributed by atoms with Crippen LogP contribution < -0.4 is 11.3 Å². The lowest BCUT2D eigenvalue weighted by atomic mass is 9.95. The third-order valence-corrected chi connectivity index (χ3v) is 4.40. The molecule has 3 rings (SSSR count). The summed E-state index contributed by atoms with van der Waals surface area (Å²) in [6.45, 7) is 3.05. The standard InChI is InChI=1S/C12H18N4OS/c1-8-2-4-17-11(8)10(15-13)6-9-7-16-3-5-18-12(16)14-9/h3,5,7-8,10-11,15H,2,4,6,13H2,1H3. The lowest BCUT2D eigenvalue weighted by Gasteiger charge is -2.24. The molecule has 6 heteroatoms. The minimum Gasteiger partial charge on any atom is -0.376 e. The first kappa shape index (κ1) is 12.1. The highest BCUT2D eigenvalue weighted by atomic mass is 32.1. The van der Waals surface area contributed by atoms with E-state index in [0.29, 0.717) is 5.92 Å². The Bertz CT molecular complexity index is 494. The van der Waals surface area contributed by atoms with Crippen molar-refractivity contribution in [1.29, 1.82) is 0 Å². The monoisotopic (exact) mass is 266 g/mol. The van der Waals surface area contributed by atoms with E-state index >= 15 is 0 Å². The van der Waals surface area contributed by atoms with Crippen molar-refractivity contribution < 1.29 is 4.74 Å². The van der Waals surface area contributed by atoms with Gasteiger partial charge in [-0.1, -0.05) is 6.92 Å². The topological polar surface area (TPSA) is 64.6 Å². The van der Waals surface area contributed by atoms with Crippen LogP contribution >= 0.6 is 11.3 Å². The fraction of sp³-hybridized carbons (Fsp3) is 0.583. The average Bonchev–Trinajstić information content (AvgIpc) is 3.01. The zero-order valence-electron chi connectivity index (χ0n) is 10.4. The SMILES string of the molecule is CC1CCOC1C(Cc1cn2ccsc2n1)NN. The summed E-state index contributed by atoms with van der Waals surface area (Å²) >= 11 is 1.64. The molecule has 1 fully saturated rings. The molecule has 3 atom stereocenters. The van der Waals surface area contributed by atoms with Crippen LogP contribution in [0.4, 0.5) is 0 Å². The summed E-state index contributed by atoms with van der Waals surface area (Å²) in [5, 5.41) is 2.03. The molecule has 5 nitrogen and oxygen atoms in total. The van der Waals surface area contributed by atoms with Gasteiger partial charge in [-0.2, -0.15) is 0 Å². The van der Waals surface area contributed by atoms with Crippen LogP contribution in [0.3, 0.4) is 0 Å². The van der Waals surface area contributed by atoms with Gasteiger partial charge >= 0.3 is 0 Å². The van der Waals surface area contributed by atoms with Crippen LogP contribution in [0.1, 0.15) is 19.0 Å². The van der Waals surface area contributed by atoms with Crippen molar-refractivity contribution >= 4 is 16.3 Å². The highest BCUT2D eigenvalue weighted by Gasteiger charge is 2.32. The van der Waals surface area contributed by atoms with Crippen LogP contribution in [0.5, 0.6) is 0 Å². The molecule has 0 spiro atoms. The van der Waals surface area contributed by atoms with Crippen LogP contribution in [0, 0.1) is 5.92 Å². The van der Waals surface area contributed by atoms with Crippen LogP contribution in [0.25, 0.3) is 4.96 Å². The van der Waals surface area contributed by atoms with Gasteiger partial charge in [0, 0.05) is 30.8 Å². The number of imidazole rings is 1. The third kappa shape index (κ3) is 2.16. The Morgan fingerprint density at radius 3 is 3.28 bits per heavy atom. The van der Waals surface area contributed by atoms with Gasteiger partial charge in [0.25, 0.3) is 0 Å². The van der Waals surface area contributed by atoms with Crippen molar-refractivity contribution in [2.45, 2.75) is 31.9 Å². The Morgan fingerprint density at radius 2 is 2.61 bits per heavy atom. The van der Waals surface area contributed by atoms with Gasteiger partial charge < -0.3 is 4.74 Å². The molecule has 1 saturated heterocycles. The summed E-state index contributed by atoms with van der Waals surface area (Å²) in [5.41, 5.74) is 3.95. The fourth-order valence-electron chi connectivity index (χ4n) is 2.60. The van der Waals surface area contributed by atoms with Gasteiger partial charge in [0.2, 0.25) is 0 Å². The Balaban J connectivity index is 1.75. The van der Waals surface area contributed by atoms with E-state index in [0.717, 1.165) is 30.1 Å².